The molecule has 2 amide bonds. The lowest BCUT2D eigenvalue weighted by atomic mass is 9.63. The Kier molecular flexibility index (Phi) is 2.74. The summed E-state index contributed by atoms with van der Waals surface area (Å²) in [6.45, 7) is 9.18. The third kappa shape index (κ3) is 1.63. The van der Waals surface area contributed by atoms with Gasteiger partial charge in [-0.05, 0) is 12.3 Å². The molecule has 2 rings (SSSR count). The number of aliphatic hydroxyl groups is 1. The van der Waals surface area contributed by atoms with Gasteiger partial charge in [-0.2, -0.15) is 0 Å². The molecule has 1 N–H and O–H groups in total. The fourth-order valence-electron chi connectivity index (χ4n) is 2.96. The maximum Gasteiger partial charge on any atom is 0.236 e. The van der Waals surface area contributed by atoms with Crippen molar-refractivity contribution < 1.29 is 14.7 Å². The van der Waals surface area contributed by atoms with E-state index in [4.69, 9.17) is 0 Å². The first-order valence-corrected chi connectivity index (χ1v) is 6.11. The summed E-state index contributed by atoms with van der Waals surface area (Å²) in [6, 6.07) is 0. The number of amides is 2. The second kappa shape index (κ2) is 3.79. The van der Waals surface area contributed by atoms with Gasteiger partial charge in [-0.1, -0.05) is 32.1 Å². The highest BCUT2D eigenvalue weighted by atomic mass is 16.3. The Balaban J connectivity index is 2.51. The second-order valence-corrected chi connectivity index (χ2v) is 5.91. The van der Waals surface area contributed by atoms with Gasteiger partial charge in [0.1, 0.15) is 0 Å². The Labute approximate surface area is 107 Å². The van der Waals surface area contributed by atoms with Crippen molar-refractivity contribution in [1.82, 2.24) is 4.90 Å². The fraction of sp³-hybridized carbons (Fsp3) is 0.571. The van der Waals surface area contributed by atoms with Crippen molar-refractivity contribution in [3.8, 4) is 0 Å². The summed E-state index contributed by atoms with van der Waals surface area (Å²) in [5.74, 6) is -1.69. The van der Waals surface area contributed by atoms with Gasteiger partial charge < -0.3 is 5.11 Å². The molecule has 0 aromatic heterocycles. The molecule has 0 spiro atoms. The van der Waals surface area contributed by atoms with E-state index in [9.17, 15) is 14.7 Å². The molecule has 4 heteroatoms. The van der Waals surface area contributed by atoms with Crippen LogP contribution >= 0.6 is 0 Å². The topological polar surface area (TPSA) is 57.6 Å². The third-order valence-electron chi connectivity index (χ3n) is 3.99. The normalized spacial score (nSPS) is 37.9. The number of likely N-dealkylation sites (tertiary alicyclic amines) is 1. The molecule has 18 heavy (non-hydrogen) atoms. The van der Waals surface area contributed by atoms with E-state index < -0.39 is 22.9 Å². The maximum atomic E-state index is 12.4. The molecule has 1 aliphatic carbocycles. The molecule has 3 atom stereocenters. The van der Waals surface area contributed by atoms with E-state index in [1.54, 1.807) is 13.0 Å². The first-order valence-electron chi connectivity index (χ1n) is 6.11. The third-order valence-corrected chi connectivity index (χ3v) is 3.99. The molecule has 4 nitrogen and oxygen atoms in total. The fourth-order valence-corrected chi connectivity index (χ4v) is 2.96. The van der Waals surface area contributed by atoms with Crippen molar-refractivity contribution in [2.45, 2.75) is 26.4 Å². The zero-order valence-electron chi connectivity index (χ0n) is 11.0. The average Bonchev–Trinajstić information content (AvgIpc) is 2.52. The Morgan fingerprint density at radius 2 is 1.83 bits per heavy atom. The Bertz CT molecular complexity index is 412. The Morgan fingerprint density at radius 3 is 2.33 bits per heavy atom. The van der Waals surface area contributed by atoms with E-state index in [1.165, 1.54) is 11.0 Å². The molecule has 0 radical (unpaired) electrons. The predicted molar refractivity (Wildman–Crippen MR) is 67.4 cm³/mol. The van der Waals surface area contributed by atoms with Crippen LogP contribution in [0.5, 0.6) is 0 Å². The van der Waals surface area contributed by atoms with Crippen LogP contribution in [0.1, 0.15) is 20.8 Å². The molecule has 98 valence electrons. The SMILES string of the molecule is C=CCN1C(=O)[C@@H]2[C@H](C1=O)[C@](C)(O)C=CC2(C)C. The van der Waals surface area contributed by atoms with E-state index >= 15 is 0 Å². The standard InChI is InChI=1S/C14H19NO3/c1-5-8-15-11(16)9-10(12(15)17)14(4,18)7-6-13(9,2)3/h5-7,9-10,18H,1,8H2,2-4H3/t9-,10+,14+/m0/s1. The minimum atomic E-state index is -1.26. The van der Waals surface area contributed by atoms with Crippen molar-refractivity contribution in [2.75, 3.05) is 6.54 Å². The number of fused-ring (bicyclic) bond motifs is 1. The van der Waals surface area contributed by atoms with Gasteiger partial charge in [0, 0.05) is 6.54 Å². The molecule has 0 bridgehead atoms. The predicted octanol–water partition coefficient (Wildman–Crippen LogP) is 1.12. The summed E-state index contributed by atoms with van der Waals surface area (Å²) in [6.07, 6.45) is 5.00. The number of allylic oxidation sites excluding steroid dienone is 1. The molecule has 0 saturated carbocycles. The molecule has 1 saturated heterocycles. The highest BCUT2D eigenvalue weighted by Crippen LogP contribution is 2.49. The van der Waals surface area contributed by atoms with Crippen LogP contribution in [0.15, 0.2) is 24.8 Å². The molecular weight excluding hydrogens is 230 g/mol. The molecule has 0 aromatic rings. The highest BCUT2D eigenvalue weighted by Gasteiger charge is 2.60. The highest BCUT2D eigenvalue weighted by molar-refractivity contribution is 6.06. The van der Waals surface area contributed by atoms with Gasteiger partial charge in [0.2, 0.25) is 11.8 Å². The van der Waals surface area contributed by atoms with Crippen LogP contribution in [0.4, 0.5) is 0 Å². The zero-order valence-corrected chi connectivity index (χ0v) is 11.0. The molecule has 0 unspecified atom stereocenters. The summed E-state index contributed by atoms with van der Waals surface area (Å²) in [5, 5.41) is 10.3. The van der Waals surface area contributed by atoms with Crippen LogP contribution in [0.2, 0.25) is 0 Å². The zero-order chi connectivity index (χ0) is 13.7. The van der Waals surface area contributed by atoms with E-state index in [2.05, 4.69) is 6.58 Å². The van der Waals surface area contributed by atoms with Crippen molar-refractivity contribution in [3.63, 3.8) is 0 Å². The number of hydrogen-bond acceptors (Lipinski definition) is 3. The summed E-state index contributed by atoms with van der Waals surface area (Å²) in [4.78, 5) is 25.9. The summed E-state index contributed by atoms with van der Waals surface area (Å²) in [5.41, 5.74) is -1.68. The van der Waals surface area contributed by atoms with Gasteiger partial charge in [-0.25, -0.2) is 0 Å². The quantitative estimate of drug-likeness (QED) is 0.589. The minimum absolute atomic E-state index is 0.205. The van der Waals surface area contributed by atoms with Gasteiger partial charge in [0.05, 0.1) is 17.4 Å². The lowest BCUT2D eigenvalue weighted by molar-refractivity contribution is -0.140. The second-order valence-electron chi connectivity index (χ2n) is 5.91. The van der Waals surface area contributed by atoms with Crippen LogP contribution in [0, 0.1) is 17.3 Å². The van der Waals surface area contributed by atoms with E-state index in [0.29, 0.717) is 0 Å². The lowest BCUT2D eigenvalue weighted by Crippen LogP contribution is -2.47. The Hall–Kier alpha value is -1.42. The number of rotatable bonds is 2. The van der Waals surface area contributed by atoms with Crippen LogP contribution in [0.3, 0.4) is 0 Å². The first kappa shape index (κ1) is 13.0. The van der Waals surface area contributed by atoms with Crippen molar-refractivity contribution in [3.05, 3.63) is 24.8 Å². The van der Waals surface area contributed by atoms with Crippen LogP contribution in [0.25, 0.3) is 0 Å². The molecule has 1 heterocycles. The maximum absolute atomic E-state index is 12.4. The summed E-state index contributed by atoms with van der Waals surface area (Å²) >= 11 is 0. The van der Waals surface area contributed by atoms with E-state index in [0.717, 1.165) is 0 Å². The van der Waals surface area contributed by atoms with Gasteiger partial charge >= 0.3 is 0 Å². The number of carbonyl (C=O) groups excluding carboxylic acids is 2. The van der Waals surface area contributed by atoms with Crippen LogP contribution < -0.4 is 0 Å². The number of carbonyl (C=O) groups is 2. The first-order chi connectivity index (χ1) is 8.22. The monoisotopic (exact) mass is 249 g/mol. The van der Waals surface area contributed by atoms with Crippen molar-refractivity contribution in [2.24, 2.45) is 17.3 Å². The van der Waals surface area contributed by atoms with Crippen molar-refractivity contribution >= 4 is 11.8 Å². The molecule has 0 aromatic carbocycles. The average molecular weight is 249 g/mol. The van der Waals surface area contributed by atoms with Crippen LogP contribution in [-0.4, -0.2) is 34.0 Å². The van der Waals surface area contributed by atoms with Crippen molar-refractivity contribution in [1.29, 1.82) is 0 Å². The number of imide groups is 1. The largest absolute Gasteiger partial charge is 0.385 e. The lowest BCUT2D eigenvalue weighted by Gasteiger charge is -2.40. The minimum Gasteiger partial charge on any atom is -0.385 e. The van der Waals surface area contributed by atoms with Gasteiger partial charge in [-0.3, -0.25) is 14.5 Å². The van der Waals surface area contributed by atoms with E-state index in [-0.39, 0.29) is 18.4 Å². The summed E-state index contributed by atoms with van der Waals surface area (Å²) in [7, 11) is 0. The molecule has 2 aliphatic rings. The Morgan fingerprint density at radius 1 is 1.28 bits per heavy atom. The van der Waals surface area contributed by atoms with Crippen LogP contribution in [-0.2, 0) is 9.59 Å². The summed E-state index contributed by atoms with van der Waals surface area (Å²) < 4.78 is 0. The number of hydrogen-bond donors (Lipinski definition) is 1. The molecule has 1 aliphatic heterocycles. The molecular formula is C14H19NO3. The molecule has 1 fully saturated rings. The van der Waals surface area contributed by atoms with E-state index in [1.807, 2.05) is 19.9 Å². The number of nitrogens with zero attached hydrogens (tertiary/aromatic N) is 1. The van der Waals surface area contributed by atoms with Gasteiger partial charge in [0.25, 0.3) is 0 Å². The van der Waals surface area contributed by atoms with Gasteiger partial charge in [0.15, 0.2) is 0 Å². The van der Waals surface area contributed by atoms with Gasteiger partial charge in [-0.15, -0.1) is 6.58 Å². The smallest absolute Gasteiger partial charge is 0.236 e.